The van der Waals surface area contributed by atoms with Gasteiger partial charge in [0.05, 0.1) is 6.10 Å². The fourth-order valence-electron chi connectivity index (χ4n) is 1.87. The van der Waals surface area contributed by atoms with Crippen LogP contribution in [-0.2, 0) is 0 Å². The summed E-state index contributed by atoms with van der Waals surface area (Å²) >= 11 is 0. The van der Waals surface area contributed by atoms with Crippen LogP contribution in [0.4, 0.5) is 0 Å². The molecule has 1 aromatic carbocycles. The number of hydrogen-bond donors (Lipinski definition) is 2. The van der Waals surface area contributed by atoms with E-state index >= 15 is 0 Å². The average Bonchev–Trinajstić information content (AvgIpc) is 2.29. The number of hydrogen-bond acceptors (Lipinski definition) is 3. The maximum absolute atomic E-state index is 9.87. The second-order valence-electron chi connectivity index (χ2n) is 3.95. The smallest absolute Gasteiger partial charge is 0.0914 e. The first-order chi connectivity index (χ1) is 7.72. The van der Waals surface area contributed by atoms with Crippen LogP contribution in [0.25, 0.3) is 10.8 Å². The van der Waals surface area contributed by atoms with Gasteiger partial charge in [-0.3, -0.25) is 4.98 Å². The van der Waals surface area contributed by atoms with Crippen molar-refractivity contribution in [1.29, 1.82) is 0 Å². The minimum atomic E-state index is -0.456. The van der Waals surface area contributed by atoms with Gasteiger partial charge in [-0.15, -0.1) is 0 Å². The maximum Gasteiger partial charge on any atom is 0.0914 e. The number of pyridine rings is 1. The molecule has 0 aliphatic heterocycles. The number of benzene rings is 1. The summed E-state index contributed by atoms with van der Waals surface area (Å²) in [4.78, 5) is 4.24. The zero-order chi connectivity index (χ0) is 11.5. The van der Waals surface area contributed by atoms with E-state index in [-0.39, 0.29) is 0 Å². The zero-order valence-corrected chi connectivity index (χ0v) is 9.57. The van der Waals surface area contributed by atoms with Crippen LogP contribution in [0.5, 0.6) is 0 Å². The molecule has 16 heavy (non-hydrogen) atoms. The third-order valence-electron chi connectivity index (χ3n) is 2.77. The van der Waals surface area contributed by atoms with Crippen LogP contribution in [0, 0.1) is 6.92 Å². The first kappa shape index (κ1) is 11.0. The number of aromatic nitrogens is 1. The number of nitrogens with one attached hydrogen (secondary N) is 1. The van der Waals surface area contributed by atoms with Crippen LogP contribution in [0.15, 0.2) is 30.5 Å². The van der Waals surface area contributed by atoms with Crippen LogP contribution in [0.1, 0.15) is 17.4 Å². The molecule has 1 atom stereocenters. The van der Waals surface area contributed by atoms with E-state index in [1.165, 1.54) is 0 Å². The molecular formula is C13H16N2O. The molecule has 84 valence electrons. The highest BCUT2D eigenvalue weighted by Crippen LogP contribution is 2.21. The molecule has 2 aromatic rings. The van der Waals surface area contributed by atoms with Gasteiger partial charge in [-0.25, -0.2) is 0 Å². The molecule has 1 heterocycles. The normalized spacial score (nSPS) is 12.9. The molecule has 0 amide bonds. The Balaban J connectivity index is 2.44. The number of likely N-dealkylation sites (N-methyl/N-ethyl adjacent to an activating group) is 1. The summed E-state index contributed by atoms with van der Waals surface area (Å²) in [5, 5.41) is 15.1. The largest absolute Gasteiger partial charge is 0.387 e. The van der Waals surface area contributed by atoms with E-state index in [1.54, 1.807) is 6.20 Å². The lowest BCUT2D eigenvalue weighted by Gasteiger charge is -2.11. The Labute approximate surface area is 95.1 Å². The van der Waals surface area contributed by atoms with Crippen LogP contribution in [0.2, 0.25) is 0 Å². The second-order valence-corrected chi connectivity index (χ2v) is 3.95. The van der Waals surface area contributed by atoms with Gasteiger partial charge in [0.1, 0.15) is 0 Å². The molecule has 3 nitrogen and oxygen atoms in total. The molecule has 3 heteroatoms. The fraction of sp³-hybridized carbons (Fsp3) is 0.308. The summed E-state index contributed by atoms with van der Waals surface area (Å²) in [6.07, 6.45) is 1.34. The minimum Gasteiger partial charge on any atom is -0.387 e. The molecule has 1 unspecified atom stereocenters. The highest BCUT2D eigenvalue weighted by atomic mass is 16.3. The highest BCUT2D eigenvalue weighted by molar-refractivity contribution is 5.84. The predicted octanol–water partition coefficient (Wildman–Crippen LogP) is 1.80. The summed E-state index contributed by atoms with van der Waals surface area (Å²) in [5.74, 6) is 0. The molecule has 1 aromatic heterocycles. The number of aryl methyl sites for hydroxylation is 1. The monoisotopic (exact) mass is 216 g/mol. The van der Waals surface area contributed by atoms with Crippen molar-refractivity contribution >= 4 is 10.8 Å². The predicted molar refractivity (Wildman–Crippen MR) is 65.4 cm³/mol. The SMILES string of the molecule is CNCC(O)c1ccc2c(C)nccc2c1. The van der Waals surface area contributed by atoms with Crippen molar-refractivity contribution < 1.29 is 5.11 Å². The molecule has 0 radical (unpaired) electrons. The molecule has 0 saturated heterocycles. The lowest BCUT2D eigenvalue weighted by molar-refractivity contribution is 0.178. The van der Waals surface area contributed by atoms with Crippen LogP contribution in [0.3, 0.4) is 0 Å². The molecule has 0 aliphatic rings. The van der Waals surface area contributed by atoms with Gasteiger partial charge in [-0.1, -0.05) is 12.1 Å². The van der Waals surface area contributed by atoms with E-state index in [1.807, 2.05) is 38.2 Å². The Morgan fingerprint density at radius 3 is 2.94 bits per heavy atom. The lowest BCUT2D eigenvalue weighted by Crippen LogP contribution is -2.16. The van der Waals surface area contributed by atoms with Crippen molar-refractivity contribution in [3.63, 3.8) is 0 Å². The zero-order valence-electron chi connectivity index (χ0n) is 9.57. The molecule has 0 saturated carbocycles. The molecular weight excluding hydrogens is 200 g/mol. The van der Waals surface area contributed by atoms with Gasteiger partial charge in [0.25, 0.3) is 0 Å². The van der Waals surface area contributed by atoms with Gasteiger partial charge in [0.15, 0.2) is 0 Å². The molecule has 0 fully saturated rings. The van der Waals surface area contributed by atoms with E-state index in [4.69, 9.17) is 0 Å². The van der Waals surface area contributed by atoms with Crippen LogP contribution in [-0.4, -0.2) is 23.7 Å². The van der Waals surface area contributed by atoms with Crippen molar-refractivity contribution in [2.75, 3.05) is 13.6 Å². The molecule has 0 spiro atoms. The molecule has 2 rings (SSSR count). The van der Waals surface area contributed by atoms with Crippen LogP contribution >= 0.6 is 0 Å². The van der Waals surface area contributed by atoms with E-state index in [0.29, 0.717) is 6.54 Å². The van der Waals surface area contributed by atoms with E-state index < -0.39 is 6.10 Å². The number of fused-ring (bicyclic) bond motifs is 1. The van der Waals surface area contributed by atoms with Crippen molar-refractivity contribution in [1.82, 2.24) is 10.3 Å². The first-order valence-corrected chi connectivity index (χ1v) is 5.40. The second kappa shape index (κ2) is 4.60. The van der Waals surface area contributed by atoms with Crippen LogP contribution < -0.4 is 5.32 Å². The standard InChI is InChI=1S/C13H16N2O/c1-9-12-4-3-11(13(16)8-14-2)7-10(12)5-6-15-9/h3-7,13-14,16H,8H2,1-2H3. The highest BCUT2D eigenvalue weighted by Gasteiger charge is 2.07. The van der Waals surface area contributed by atoms with Crippen molar-refractivity contribution in [2.24, 2.45) is 0 Å². The topological polar surface area (TPSA) is 45.1 Å². The Morgan fingerprint density at radius 1 is 1.38 bits per heavy atom. The fourth-order valence-corrected chi connectivity index (χ4v) is 1.87. The molecule has 2 N–H and O–H groups in total. The van der Waals surface area contributed by atoms with Gasteiger partial charge < -0.3 is 10.4 Å². The summed E-state index contributed by atoms with van der Waals surface area (Å²) in [7, 11) is 1.83. The van der Waals surface area contributed by atoms with Gasteiger partial charge >= 0.3 is 0 Å². The van der Waals surface area contributed by atoms with E-state index in [0.717, 1.165) is 22.0 Å². The van der Waals surface area contributed by atoms with Crippen molar-refractivity contribution in [2.45, 2.75) is 13.0 Å². The molecule has 0 bridgehead atoms. The summed E-state index contributed by atoms with van der Waals surface area (Å²) in [6, 6.07) is 7.97. The third-order valence-corrected chi connectivity index (χ3v) is 2.77. The van der Waals surface area contributed by atoms with E-state index in [9.17, 15) is 5.11 Å². The van der Waals surface area contributed by atoms with E-state index in [2.05, 4.69) is 10.3 Å². The maximum atomic E-state index is 9.87. The lowest BCUT2D eigenvalue weighted by atomic mass is 10.0. The minimum absolute atomic E-state index is 0.456. The number of nitrogens with zero attached hydrogens (tertiary/aromatic N) is 1. The Morgan fingerprint density at radius 2 is 2.19 bits per heavy atom. The van der Waals surface area contributed by atoms with Gasteiger partial charge in [-0.2, -0.15) is 0 Å². The van der Waals surface area contributed by atoms with Gasteiger partial charge in [-0.05, 0) is 37.1 Å². The quantitative estimate of drug-likeness (QED) is 0.822. The number of aliphatic hydroxyl groups is 1. The van der Waals surface area contributed by atoms with Crippen molar-refractivity contribution in [3.8, 4) is 0 Å². The Kier molecular flexibility index (Phi) is 3.17. The van der Waals surface area contributed by atoms with Gasteiger partial charge in [0, 0.05) is 23.8 Å². The summed E-state index contributed by atoms with van der Waals surface area (Å²) in [5.41, 5.74) is 1.96. The van der Waals surface area contributed by atoms with Gasteiger partial charge in [0.2, 0.25) is 0 Å². The Hall–Kier alpha value is -1.45. The Bertz CT molecular complexity index is 496. The molecule has 0 aliphatic carbocycles. The number of rotatable bonds is 3. The third kappa shape index (κ3) is 2.05. The summed E-state index contributed by atoms with van der Waals surface area (Å²) < 4.78 is 0. The number of aliphatic hydroxyl groups excluding tert-OH is 1. The average molecular weight is 216 g/mol. The summed E-state index contributed by atoms with van der Waals surface area (Å²) in [6.45, 7) is 2.56. The first-order valence-electron chi connectivity index (χ1n) is 5.40. The van der Waals surface area contributed by atoms with Crippen molar-refractivity contribution in [3.05, 3.63) is 41.7 Å².